The Kier molecular flexibility index (Phi) is 7.57. The summed E-state index contributed by atoms with van der Waals surface area (Å²) in [6.07, 6.45) is 2.95. The van der Waals surface area contributed by atoms with E-state index >= 15 is 0 Å². The lowest BCUT2D eigenvalue weighted by Gasteiger charge is -2.41. The molecule has 1 amide bonds. The molecule has 0 aliphatic carbocycles. The molecule has 4 aromatic rings. The molecule has 2 N–H and O–H groups in total. The van der Waals surface area contributed by atoms with Crippen LogP contribution in [0.25, 0.3) is 27.7 Å². The number of aromatic nitrogens is 2. The summed E-state index contributed by atoms with van der Waals surface area (Å²) >= 11 is 6.91. The fourth-order valence-electron chi connectivity index (χ4n) is 5.62. The van der Waals surface area contributed by atoms with E-state index in [9.17, 15) is 14.9 Å². The van der Waals surface area contributed by atoms with Crippen molar-refractivity contribution in [3.63, 3.8) is 0 Å². The summed E-state index contributed by atoms with van der Waals surface area (Å²) in [7, 11) is 0. The minimum Gasteiger partial charge on any atom is -0.384 e. The maximum absolute atomic E-state index is 14.3. The normalized spacial score (nSPS) is 15.3. The summed E-state index contributed by atoms with van der Waals surface area (Å²) in [5, 5.41) is 11.5. The third-order valence-corrected chi connectivity index (χ3v) is 7.96. The van der Waals surface area contributed by atoms with Gasteiger partial charge in [0.25, 0.3) is 5.56 Å². The van der Waals surface area contributed by atoms with E-state index in [-0.39, 0.29) is 23.4 Å². The lowest BCUT2D eigenvalue weighted by Crippen LogP contribution is -2.54. The van der Waals surface area contributed by atoms with Gasteiger partial charge < -0.3 is 15.5 Å². The number of para-hydroxylation sites is 1. The van der Waals surface area contributed by atoms with E-state index in [1.807, 2.05) is 54.3 Å². The molecule has 0 spiro atoms. The monoisotopic (exact) mass is 566 g/mol. The number of hydrogen-bond acceptors (Lipinski definition) is 6. The zero-order valence-corrected chi connectivity index (χ0v) is 24.0. The molecular formula is C32H31ClN6O2. The van der Waals surface area contributed by atoms with Crippen molar-refractivity contribution in [1.29, 1.82) is 5.26 Å². The number of benzene rings is 2. The molecule has 41 heavy (non-hydrogen) atoms. The second kappa shape index (κ2) is 11.1. The molecule has 1 fully saturated rings. The van der Waals surface area contributed by atoms with Crippen LogP contribution in [0, 0.1) is 11.3 Å². The minimum absolute atomic E-state index is 0.0318. The Hall–Kier alpha value is -4.61. The summed E-state index contributed by atoms with van der Waals surface area (Å²) in [4.78, 5) is 34.6. The first kappa shape index (κ1) is 27.9. The number of nitriles is 1. The molecule has 1 aliphatic rings. The van der Waals surface area contributed by atoms with Crippen molar-refractivity contribution >= 4 is 39.9 Å². The van der Waals surface area contributed by atoms with E-state index in [4.69, 9.17) is 17.3 Å². The molecule has 208 valence electrons. The lowest BCUT2D eigenvalue weighted by molar-refractivity contribution is -0.126. The van der Waals surface area contributed by atoms with Crippen LogP contribution in [0.5, 0.6) is 0 Å². The standard InChI is InChI=1S/C32H31ClN6O2/c1-5-30(40)37-12-13-38(20(4)18-37)31-24-14-26(33)23(21-10-11-29(35)36-17-21)15-28(24)39(32(41)25(31)16-34)27-9-7-6-8-22(27)19(2)3/h5-11,14-15,17,19-20H,1,12-13,18H2,2-4H3,(H2,35,36)/t20-/m0/s1. The number of amides is 1. The van der Waals surface area contributed by atoms with Crippen molar-refractivity contribution in [3.05, 3.63) is 93.9 Å². The number of fused-ring (bicyclic) bond motifs is 1. The van der Waals surface area contributed by atoms with Crippen molar-refractivity contribution in [2.24, 2.45) is 0 Å². The zero-order chi connectivity index (χ0) is 29.4. The molecule has 9 heteroatoms. The van der Waals surface area contributed by atoms with Crippen LogP contribution in [0.2, 0.25) is 5.02 Å². The van der Waals surface area contributed by atoms with Crippen molar-refractivity contribution < 1.29 is 4.79 Å². The Labute approximate surface area is 243 Å². The van der Waals surface area contributed by atoms with E-state index < -0.39 is 5.56 Å². The average Bonchev–Trinajstić information content (AvgIpc) is 2.96. The van der Waals surface area contributed by atoms with Crippen molar-refractivity contribution in [1.82, 2.24) is 14.5 Å². The minimum atomic E-state index is -0.413. The van der Waals surface area contributed by atoms with Crippen LogP contribution in [0.4, 0.5) is 11.5 Å². The quantitative estimate of drug-likeness (QED) is 0.319. The summed E-state index contributed by atoms with van der Waals surface area (Å²) in [6.45, 7) is 11.0. The number of pyridine rings is 2. The van der Waals surface area contributed by atoms with Crippen LogP contribution in [0.15, 0.2) is 72.2 Å². The number of anilines is 2. The number of carbonyl (C=O) groups is 1. The van der Waals surface area contributed by atoms with Crippen LogP contribution in [-0.4, -0.2) is 46.0 Å². The molecule has 0 saturated carbocycles. The Morgan fingerprint density at radius 2 is 1.98 bits per heavy atom. The third-order valence-electron chi connectivity index (χ3n) is 7.64. The van der Waals surface area contributed by atoms with Gasteiger partial charge in [-0.15, -0.1) is 0 Å². The number of piperazine rings is 1. The lowest BCUT2D eigenvalue weighted by atomic mass is 9.98. The summed E-state index contributed by atoms with van der Waals surface area (Å²) in [6, 6.07) is 17.0. The maximum Gasteiger partial charge on any atom is 0.275 e. The second-order valence-corrected chi connectivity index (χ2v) is 10.9. The predicted octanol–water partition coefficient (Wildman–Crippen LogP) is 5.51. The second-order valence-electron chi connectivity index (χ2n) is 10.5. The highest BCUT2D eigenvalue weighted by Gasteiger charge is 2.31. The van der Waals surface area contributed by atoms with Crippen LogP contribution in [0.3, 0.4) is 0 Å². The molecule has 0 bridgehead atoms. The number of nitrogen functional groups attached to an aromatic ring is 1. The summed E-state index contributed by atoms with van der Waals surface area (Å²) < 4.78 is 1.62. The van der Waals surface area contributed by atoms with Gasteiger partial charge in [-0.2, -0.15) is 5.26 Å². The van der Waals surface area contributed by atoms with Gasteiger partial charge in [0.1, 0.15) is 17.5 Å². The molecule has 1 aliphatic heterocycles. The van der Waals surface area contributed by atoms with Gasteiger partial charge in [0.05, 0.1) is 16.9 Å². The molecule has 2 aromatic heterocycles. The van der Waals surface area contributed by atoms with E-state index in [1.54, 1.807) is 21.7 Å². The first-order valence-corrected chi connectivity index (χ1v) is 13.9. The fourth-order valence-corrected chi connectivity index (χ4v) is 5.89. The Bertz CT molecular complexity index is 1770. The third kappa shape index (κ3) is 4.94. The SMILES string of the molecule is C=CC(=O)N1CCN(c2c(C#N)c(=O)n(-c3ccccc3C(C)C)c3cc(-c4ccc(N)nc4)c(Cl)cc23)[C@@H](C)C1. The molecular weight excluding hydrogens is 536 g/mol. The number of nitrogens with two attached hydrogens (primary N) is 1. The van der Waals surface area contributed by atoms with E-state index in [0.29, 0.717) is 58.3 Å². The van der Waals surface area contributed by atoms with Crippen molar-refractivity contribution in [2.75, 3.05) is 30.3 Å². The van der Waals surface area contributed by atoms with E-state index in [2.05, 4.69) is 31.5 Å². The Balaban J connectivity index is 1.85. The highest BCUT2D eigenvalue weighted by Crippen LogP contribution is 2.39. The fraction of sp³-hybridized carbons (Fsp3) is 0.250. The molecule has 5 rings (SSSR count). The summed E-state index contributed by atoms with van der Waals surface area (Å²) in [5.74, 6) is 0.367. The van der Waals surface area contributed by atoms with Crippen molar-refractivity contribution in [2.45, 2.75) is 32.7 Å². The van der Waals surface area contributed by atoms with Gasteiger partial charge in [-0.25, -0.2) is 4.98 Å². The number of hydrogen-bond donors (Lipinski definition) is 1. The first-order chi connectivity index (χ1) is 19.7. The van der Waals surface area contributed by atoms with Gasteiger partial charge in [0.15, 0.2) is 0 Å². The Morgan fingerprint density at radius 1 is 1.22 bits per heavy atom. The molecule has 0 unspecified atom stereocenters. The van der Waals surface area contributed by atoms with Gasteiger partial charge in [0.2, 0.25) is 5.91 Å². The van der Waals surface area contributed by atoms with Crippen LogP contribution < -0.4 is 16.2 Å². The predicted molar refractivity (Wildman–Crippen MR) is 165 cm³/mol. The zero-order valence-electron chi connectivity index (χ0n) is 23.3. The molecule has 1 saturated heterocycles. The van der Waals surface area contributed by atoms with Gasteiger partial charge in [-0.3, -0.25) is 14.2 Å². The molecule has 8 nitrogen and oxygen atoms in total. The highest BCUT2D eigenvalue weighted by atomic mass is 35.5. The van der Waals surface area contributed by atoms with Gasteiger partial charge in [-0.05, 0) is 54.8 Å². The van der Waals surface area contributed by atoms with Gasteiger partial charge >= 0.3 is 0 Å². The molecule has 1 atom stereocenters. The van der Waals surface area contributed by atoms with Crippen molar-refractivity contribution in [3.8, 4) is 22.9 Å². The van der Waals surface area contributed by atoms with Crippen LogP contribution in [-0.2, 0) is 4.79 Å². The van der Waals surface area contributed by atoms with E-state index in [1.165, 1.54) is 6.08 Å². The van der Waals surface area contributed by atoms with Crippen LogP contribution in [0.1, 0.15) is 37.8 Å². The van der Waals surface area contributed by atoms with Gasteiger partial charge in [-0.1, -0.05) is 50.2 Å². The smallest absolute Gasteiger partial charge is 0.275 e. The molecule has 2 aromatic carbocycles. The average molecular weight is 567 g/mol. The number of carbonyl (C=O) groups excluding carboxylic acids is 1. The number of halogens is 1. The highest BCUT2D eigenvalue weighted by molar-refractivity contribution is 6.34. The maximum atomic E-state index is 14.3. The van der Waals surface area contributed by atoms with E-state index in [0.717, 1.165) is 11.1 Å². The number of rotatable bonds is 5. The Morgan fingerprint density at radius 3 is 2.61 bits per heavy atom. The number of nitrogens with zero attached hydrogens (tertiary/aromatic N) is 5. The molecule has 3 heterocycles. The first-order valence-electron chi connectivity index (χ1n) is 13.5. The van der Waals surface area contributed by atoms with Gasteiger partial charge in [0, 0.05) is 53.4 Å². The summed E-state index contributed by atoms with van der Waals surface area (Å²) in [5.41, 5.74) is 9.70. The topological polar surface area (TPSA) is 108 Å². The molecule has 0 radical (unpaired) electrons. The van der Waals surface area contributed by atoms with Crippen LogP contribution >= 0.6 is 11.6 Å². The largest absolute Gasteiger partial charge is 0.384 e.